The Hall–Kier alpha value is -2.80. The number of nitrogens with zero attached hydrogens (tertiary/aromatic N) is 3. The lowest BCUT2D eigenvalue weighted by molar-refractivity contribution is -0.126. The van der Waals surface area contributed by atoms with Crippen LogP contribution >= 0.6 is 0 Å². The van der Waals surface area contributed by atoms with Crippen LogP contribution < -0.4 is 10.2 Å². The molecule has 1 N–H and O–H groups in total. The van der Waals surface area contributed by atoms with Crippen LogP contribution in [0.3, 0.4) is 0 Å². The predicted octanol–water partition coefficient (Wildman–Crippen LogP) is 5.55. The van der Waals surface area contributed by atoms with Crippen LogP contribution in [0.25, 0.3) is 11.3 Å². The molecule has 1 unspecified atom stereocenters. The fourth-order valence-electron chi connectivity index (χ4n) is 5.60. The lowest BCUT2D eigenvalue weighted by atomic mass is 9.88. The van der Waals surface area contributed by atoms with Crippen LogP contribution in [0, 0.1) is 17.2 Å². The molecule has 10 heteroatoms. The number of nitrogens with one attached hydrogen (secondary N) is 1. The van der Waals surface area contributed by atoms with Crippen LogP contribution in [0.4, 0.5) is 14.5 Å². The van der Waals surface area contributed by atoms with E-state index in [1.54, 1.807) is 6.26 Å². The van der Waals surface area contributed by atoms with Crippen LogP contribution in [0.15, 0.2) is 34.9 Å². The molecule has 210 valence electrons. The molecule has 4 fully saturated rings. The van der Waals surface area contributed by atoms with Gasteiger partial charge in [-0.1, -0.05) is 31.4 Å². The van der Waals surface area contributed by atoms with Crippen molar-refractivity contribution in [2.24, 2.45) is 5.92 Å². The van der Waals surface area contributed by atoms with E-state index in [0.29, 0.717) is 29.5 Å². The van der Waals surface area contributed by atoms with Crippen LogP contribution in [0.5, 0.6) is 0 Å². The summed E-state index contributed by atoms with van der Waals surface area (Å²) < 4.78 is 43.6. The Kier molecular flexibility index (Phi) is 8.36. The Morgan fingerprint density at radius 2 is 1.77 bits per heavy atom. The number of nitriles is 1. The van der Waals surface area contributed by atoms with Crippen molar-refractivity contribution in [3.05, 3.63) is 36.4 Å². The van der Waals surface area contributed by atoms with E-state index in [-0.39, 0.29) is 30.6 Å². The molecule has 2 heterocycles. The molecule has 1 aliphatic heterocycles. The smallest absolute Gasteiger partial charge is 0.248 e. The Morgan fingerprint density at radius 3 is 2.36 bits per heavy atom. The summed E-state index contributed by atoms with van der Waals surface area (Å²) in [7, 11) is -0.691. The molecule has 7 nitrogen and oxygen atoms in total. The number of aromatic nitrogens is 1. The highest BCUT2D eigenvalue weighted by atomic mass is 32.2. The number of rotatable bonds is 5. The third kappa shape index (κ3) is 7.05. The van der Waals surface area contributed by atoms with Crippen LogP contribution in [-0.4, -0.2) is 51.2 Å². The number of amides is 1. The normalized spacial score (nSPS) is 24.3. The van der Waals surface area contributed by atoms with E-state index in [2.05, 4.69) is 21.3 Å². The molecule has 6 rings (SSSR count). The first-order valence-corrected chi connectivity index (χ1v) is 15.5. The van der Waals surface area contributed by atoms with Gasteiger partial charge in [0.25, 0.3) is 0 Å². The Labute approximate surface area is 230 Å². The maximum atomic E-state index is 13.4. The molecule has 1 saturated heterocycles. The predicted molar refractivity (Wildman–Crippen MR) is 146 cm³/mol. The van der Waals surface area contributed by atoms with Crippen LogP contribution in [0.2, 0.25) is 0 Å². The second-order valence-corrected chi connectivity index (χ2v) is 13.0. The van der Waals surface area contributed by atoms with Crippen molar-refractivity contribution in [2.75, 3.05) is 29.5 Å². The summed E-state index contributed by atoms with van der Waals surface area (Å²) in [6.07, 6.45) is 8.97. The average molecular weight is 559 g/mol. The fourth-order valence-corrected chi connectivity index (χ4v) is 6.65. The van der Waals surface area contributed by atoms with Crippen LogP contribution in [0.1, 0.15) is 76.0 Å². The number of carbonyl (C=O) groups excluding carboxylic acids is 1. The van der Waals surface area contributed by atoms with Crippen molar-refractivity contribution in [3.8, 4) is 17.3 Å². The largest absolute Gasteiger partial charge is 0.448 e. The molecule has 1 aromatic heterocycles. The summed E-state index contributed by atoms with van der Waals surface area (Å²) in [5.74, 6) is -0.773. The monoisotopic (exact) mass is 558 g/mol. The van der Waals surface area contributed by atoms with Gasteiger partial charge >= 0.3 is 0 Å². The van der Waals surface area contributed by atoms with E-state index in [1.165, 1.54) is 6.42 Å². The van der Waals surface area contributed by atoms with E-state index in [9.17, 15) is 17.8 Å². The fraction of sp³-hybridized carbons (Fsp3) is 0.621. The van der Waals surface area contributed by atoms with Crippen molar-refractivity contribution in [3.63, 3.8) is 0 Å². The van der Waals surface area contributed by atoms with Crippen molar-refractivity contribution in [2.45, 2.75) is 81.6 Å². The number of halogens is 2. The minimum absolute atomic E-state index is 0.0926. The Morgan fingerprint density at radius 1 is 1.08 bits per heavy atom. The second-order valence-electron chi connectivity index (χ2n) is 11.3. The zero-order valence-corrected chi connectivity index (χ0v) is 23.0. The molecule has 3 saturated carbocycles. The number of carbonyl (C=O) groups is 1. The lowest BCUT2D eigenvalue weighted by Gasteiger charge is -2.28. The van der Waals surface area contributed by atoms with E-state index < -0.39 is 22.3 Å². The number of anilines is 1. The molecule has 2 aromatic rings. The molecule has 4 aliphatic rings. The molecular weight excluding hydrogens is 522 g/mol. The lowest BCUT2D eigenvalue weighted by Crippen LogP contribution is -2.40. The summed E-state index contributed by atoms with van der Waals surface area (Å²) >= 11 is 0. The van der Waals surface area contributed by atoms with Gasteiger partial charge < -0.3 is 14.6 Å². The Bertz CT molecular complexity index is 1210. The average Bonchev–Trinajstić information content (AvgIpc) is 3.37. The molecule has 1 atom stereocenters. The van der Waals surface area contributed by atoms with E-state index in [1.807, 2.05) is 24.3 Å². The Balaban J connectivity index is 0.000000186. The number of oxazole rings is 1. The zero-order valence-electron chi connectivity index (χ0n) is 22.2. The summed E-state index contributed by atoms with van der Waals surface area (Å²) in [4.78, 5) is 18.4. The van der Waals surface area contributed by atoms with Crippen LogP contribution in [-0.2, 0) is 15.6 Å². The minimum Gasteiger partial charge on any atom is -0.448 e. The van der Waals surface area contributed by atoms with Crippen molar-refractivity contribution in [1.82, 2.24) is 10.3 Å². The summed E-state index contributed by atoms with van der Waals surface area (Å²) in [6.45, 7) is 1.60. The zero-order chi connectivity index (χ0) is 27.5. The molecular formula is C29H36F2N4O3S. The topological polar surface area (TPSA) is 99.2 Å². The highest BCUT2D eigenvalue weighted by Gasteiger charge is 2.45. The van der Waals surface area contributed by atoms with Crippen molar-refractivity contribution >= 4 is 22.4 Å². The summed E-state index contributed by atoms with van der Waals surface area (Å²) in [5.41, 5.74) is 2.20. The molecule has 39 heavy (non-hydrogen) atoms. The first-order chi connectivity index (χ1) is 18.8. The van der Waals surface area contributed by atoms with E-state index in [0.717, 1.165) is 62.9 Å². The number of benzene rings is 1. The van der Waals surface area contributed by atoms with E-state index >= 15 is 0 Å². The molecule has 1 aromatic carbocycles. The van der Waals surface area contributed by atoms with Gasteiger partial charge in [-0.05, 0) is 44.2 Å². The van der Waals surface area contributed by atoms with Gasteiger partial charge in [0.15, 0.2) is 5.89 Å². The minimum atomic E-state index is -2.60. The van der Waals surface area contributed by atoms with Gasteiger partial charge in [0.2, 0.25) is 11.8 Å². The van der Waals surface area contributed by atoms with Gasteiger partial charge in [-0.3, -0.25) is 9.00 Å². The maximum Gasteiger partial charge on any atom is 0.248 e. The SMILES string of the molecule is N#CC1(NC(=O)C2CCCCC2)CC1.O=S1CCN(c2ccc(-c3coc(C4CCC(F)(F)C4)n3)cc2)CC1. The quantitative estimate of drug-likeness (QED) is 0.517. The standard InChI is InChI=1S/C18H20F2N2O2S.C11H16N2O/c19-18(20)6-5-14(11-18)17-21-16(12-24-17)13-1-3-15(4-2-13)22-7-9-25(23)10-8-22;12-8-11(6-7-11)13-10(14)9-4-2-1-3-5-9/h1-4,12,14H,5-11H2;9H,1-7H2,(H,13,14). The van der Waals surface area contributed by atoms with Crippen molar-refractivity contribution in [1.29, 1.82) is 5.26 Å². The first kappa shape index (κ1) is 27.8. The van der Waals surface area contributed by atoms with Gasteiger partial charge in [0.05, 0.1) is 6.07 Å². The van der Waals surface area contributed by atoms with Crippen molar-refractivity contribution < 1.29 is 22.2 Å². The number of hydrogen-bond donors (Lipinski definition) is 1. The second kappa shape index (κ2) is 11.7. The highest BCUT2D eigenvalue weighted by Crippen LogP contribution is 2.44. The molecule has 0 radical (unpaired) electrons. The van der Waals surface area contributed by atoms with Gasteiger partial charge in [-0.15, -0.1) is 0 Å². The molecule has 3 aliphatic carbocycles. The van der Waals surface area contributed by atoms with Gasteiger partial charge in [-0.25, -0.2) is 13.8 Å². The third-order valence-corrected chi connectivity index (χ3v) is 9.56. The third-order valence-electron chi connectivity index (χ3n) is 8.28. The van der Waals surface area contributed by atoms with E-state index in [4.69, 9.17) is 9.68 Å². The maximum absolute atomic E-state index is 13.4. The summed E-state index contributed by atoms with van der Waals surface area (Å²) in [6, 6.07) is 10.1. The number of alkyl halides is 2. The van der Waals surface area contributed by atoms with Gasteiger partial charge in [0.1, 0.15) is 17.5 Å². The highest BCUT2D eigenvalue weighted by molar-refractivity contribution is 7.85. The van der Waals surface area contributed by atoms with Gasteiger partial charge in [-0.2, -0.15) is 5.26 Å². The first-order valence-electron chi connectivity index (χ1n) is 14.0. The molecule has 0 spiro atoms. The molecule has 0 bridgehead atoms. The summed E-state index contributed by atoms with van der Waals surface area (Å²) in [5, 5.41) is 11.7. The van der Waals surface area contributed by atoms with Gasteiger partial charge in [0, 0.05) is 71.3 Å². The molecule has 1 amide bonds. The number of hydrogen-bond acceptors (Lipinski definition) is 6.